The molecule has 4 saturated carbocycles. The molecule has 1 aromatic heterocycles. The second kappa shape index (κ2) is 8.02. The number of hydrogen-bond acceptors (Lipinski definition) is 4. The number of thioether (sulfide) groups is 1. The summed E-state index contributed by atoms with van der Waals surface area (Å²) in [5, 5.41) is 4.29. The molecule has 0 aliphatic heterocycles. The maximum atomic E-state index is 12.7. The van der Waals surface area contributed by atoms with Gasteiger partial charge in [0.1, 0.15) is 0 Å². The predicted octanol–water partition coefficient (Wildman–Crippen LogP) is 3.96. The van der Waals surface area contributed by atoms with E-state index in [1.165, 1.54) is 38.5 Å². The number of aromatic nitrogens is 2. The largest absolute Gasteiger partial charge is 0.383 e. The van der Waals surface area contributed by atoms with Gasteiger partial charge in [0.2, 0.25) is 5.91 Å². The number of imidazole rings is 1. The van der Waals surface area contributed by atoms with E-state index >= 15 is 0 Å². The molecule has 4 bridgehead atoms. The van der Waals surface area contributed by atoms with E-state index in [2.05, 4.69) is 28.7 Å². The number of methoxy groups -OCH3 is 1. The third kappa shape index (κ3) is 3.87. The van der Waals surface area contributed by atoms with Crippen LogP contribution in [0, 0.1) is 37.0 Å². The van der Waals surface area contributed by atoms with Crippen LogP contribution in [0.2, 0.25) is 0 Å². The maximum absolute atomic E-state index is 12.7. The van der Waals surface area contributed by atoms with Crippen molar-refractivity contribution in [1.29, 1.82) is 0 Å². The summed E-state index contributed by atoms with van der Waals surface area (Å²) in [5.41, 5.74) is 2.54. The first-order valence-corrected chi connectivity index (χ1v) is 11.8. The second-order valence-electron chi connectivity index (χ2n) is 9.57. The van der Waals surface area contributed by atoms with Gasteiger partial charge >= 0.3 is 0 Å². The van der Waals surface area contributed by atoms with E-state index in [9.17, 15) is 4.79 Å². The molecule has 0 spiro atoms. The Balaban J connectivity index is 1.34. The van der Waals surface area contributed by atoms with Crippen LogP contribution >= 0.6 is 11.8 Å². The van der Waals surface area contributed by atoms with Crippen molar-refractivity contribution in [3.8, 4) is 0 Å². The minimum absolute atomic E-state index is 0.143. The Morgan fingerprint density at radius 1 is 1.25 bits per heavy atom. The van der Waals surface area contributed by atoms with Gasteiger partial charge in [-0.1, -0.05) is 11.8 Å². The van der Waals surface area contributed by atoms with E-state index in [0.29, 0.717) is 17.8 Å². The summed E-state index contributed by atoms with van der Waals surface area (Å²) in [5.74, 6) is 3.32. The molecule has 1 atom stereocenters. The number of nitrogens with one attached hydrogen (secondary N) is 1. The van der Waals surface area contributed by atoms with Gasteiger partial charge in [0.05, 0.1) is 18.1 Å². The molecule has 0 saturated heterocycles. The highest BCUT2D eigenvalue weighted by molar-refractivity contribution is 7.99. The zero-order valence-electron chi connectivity index (χ0n) is 17.8. The smallest absolute Gasteiger partial charge is 0.230 e. The lowest BCUT2D eigenvalue weighted by Gasteiger charge is -2.59. The Bertz CT molecular complexity index is 694. The Labute approximate surface area is 173 Å². The highest BCUT2D eigenvalue weighted by Crippen LogP contribution is 2.61. The number of rotatable bonds is 8. The molecule has 5 nitrogen and oxygen atoms in total. The molecule has 156 valence electrons. The number of carbonyl (C=O) groups excluding carboxylic acids is 1. The van der Waals surface area contributed by atoms with E-state index in [4.69, 9.17) is 4.74 Å². The molecule has 1 amide bonds. The molecule has 0 radical (unpaired) electrons. The summed E-state index contributed by atoms with van der Waals surface area (Å²) in [6.07, 6.45) is 8.31. The van der Waals surface area contributed by atoms with Crippen molar-refractivity contribution in [2.45, 2.75) is 77.0 Å². The molecule has 4 aliphatic carbocycles. The van der Waals surface area contributed by atoms with Gasteiger partial charge in [0, 0.05) is 25.4 Å². The van der Waals surface area contributed by atoms with Crippen molar-refractivity contribution >= 4 is 17.7 Å². The lowest BCUT2D eigenvalue weighted by molar-refractivity contribution is -0.123. The van der Waals surface area contributed by atoms with Gasteiger partial charge < -0.3 is 14.6 Å². The minimum Gasteiger partial charge on any atom is -0.383 e. The third-order valence-electron chi connectivity index (χ3n) is 7.66. The molecule has 4 aliphatic rings. The fourth-order valence-corrected chi connectivity index (χ4v) is 7.38. The Morgan fingerprint density at radius 2 is 1.86 bits per heavy atom. The van der Waals surface area contributed by atoms with Gasteiger partial charge in [-0.05, 0) is 82.5 Å². The van der Waals surface area contributed by atoms with Crippen LogP contribution in [0.5, 0.6) is 0 Å². The molecule has 1 aromatic rings. The van der Waals surface area contributed by atoms with Crippen LogP contribution in [0.25, 0.3) is 0 Å². The fourth-order valence-electron chi connectivity index (χ4n) is 6.45. The number of carbonyl (C=O) groups is 1. The first kappa shape index (κ1) is 20.3. The number of amides is 1. The predicted molar refractivity (Wildman–Crippen MR) is 113 cm³/mol. The first-order valence-electron chi connectivity index (χ1n) is 10.8. The van der Waals surface area contributed by atoms with Crippen LogP contribution in [0.4, 0.5) is 0 Å². The van der Waals surface area contributed by atoms with Gasteiger partial charge in [-0.3, -0.25) is 4.79 Å². The van der Waals surface area contributed by atoms with Crippen LogP contribution in [-0.2, 0) is 16.1 Å². The van der Waals surface area contributed by atoms with E-state index in [1.54, 1.807) is 18.9 Å². The maximum Gasteiger partial charge on any atom is 0.230 e. The lowest BCUT2D eigenvalue weighted by atomic mass is 9.48. The SMILES string of the molecule is COCCn1c(SCC(=O)N[C@@H](C)C23CC4CC(CC(C4)C2)C3)nc(C)c1C. The normalized spacial score (nSPS) is 31.9. The van der Waals surface area contributed by atoms with E-state index in [0.717, 1.165) is 40.8 Å². The number of ether oxygens (including phenoxy) is 1. The van der Waals surface area contributed by atoms with Crippen molar-refractivity contribution in [2.24, 2.45) is 23.2 Å². The van der Waals surface area contributed by atoms with Crippen LogP contribution in [0.15, 0.2) is 5.16 Å². The monoisotopic (exact) mass is 405 g/mol. The summed E-state index contributed by atoms with van der Waals surface area (Å²) < 4.78 is 7.39. The van der Waals surface area contributed by atoms with E-state index in [-0.39, 0.29) is 11.9 Å². The molecule has 5 rings (SSSR count). The van der Waals surface area contributed by atoms with Gasteiger partial charge in [-0.2, -0.15) is 0 Å². The quantitative estimate of drug-likeness (QED) is 0.665. The number of nitrogens with zero attached hydrogens (tertiary/aromatic N) is 2. The average molecular weight is 406 g/mol. The Kier molecular flexibility index (Phi) is 5.81. The Hall–Kier alpha value is -1.01. The minimum atomic E-state index is 0.143. The van der Waals surface area contributed by atoms with Crippen LogP contribution in [-0.4, -0.2) is 41.0 Å². The van der Waals surface area contributed by atoms with Crippen LogP contribution in [0.1, 0.15) is 56.8 Å². The summed E-state index contributed by atoms with van der Waals surface area (Å²) in [4.78, 5) is 17.4. The van der Waals surface area contributed by atoms with Gasteiger partial charge in [0.15, 0.2) is 5.16 Å². The van der Waals surface area contributed by atoms with Gasteiger partial charge in [-0.15, -0.1) is 0 Å². The zero-order valence-corrected chi connectivity index (χ0v) is 18.6. The molecule has 6 heteroatoms. The first-order chi connectivity index (χ1) is 13.4. The van der Waals surface area contributed by atoms with E-state index < -0.39 is 0 Å². The van der Waals surface area contributed by atoms with Gasteiger partial charge in [0.25, 0.3) is 0 Å². The summed E-state index contributed by atoms with van der Waals surface area (Å²) in [6.45, 7) is 7.79. The molecule has 0 aromatic carbocycles. The van der Waals surface area contributed by atoms with Crippen LogP contribution < -0.4 is 5.32 Å². The average Bonchev–Trinajstić information content (AvgIpc) is 2.91. The molecule has 28 heavy (non-hydrogen) atoms. The zero-order chi connectivity index (χ0) is 19.9. The fraction of sp³-hybridized carbons (Fsp3) is 0.818. The lowest BCUT2D eigenvalue weighted by Crippen LogP contribution is -2.56. The number of aryl methyl sites for hydroxylation is 1. The van der Waals surface area contributed by atoms with Crippen molar-refractivity contribution in [1.82, 2.24) is 14.9 Å². The molecule has 1 N–H and O–H groups in total. The van der Waals surface area contributed by atoms with Crippen molar-refractivity contribution < 1.29 is 9.53 Å². The van der Waals surface area contributed by atoms with E-state index in [1.807, 2.05) is 6.92 Å². The van der Waals surface area contributed by atoms with Gasteiger partial charge in [-0.25, -0.2) is 4.98 Å². The van der Waals surface area contributed by atoms with Crippen molar-refractivity contribution in [3.63, 3.8) is 0 Å². The van der Waals surface area contributed by atoms with Crippen molar-refractivity contribution in [3.05, 3.63) is 11.4 Å². The standard InChI is InChI=1S/C22H35N3O2S/c1-14-15(2)25(5-6-27-4)21(23-14)28-13-20(26)24-16(3)22-10-17-7-18(11-22)9-19(8-17)12-22/h16-19H,5-13H2,1-4H3,(H,24,26)/t16-,17?,18?,19?,22?/m0/s1. The highest BCUT2D eigenvalue weighted by atomic mass is 32.2. The highest BCUT2D eigenvalue weighted by Gasteiger charge is 2.53. The summed E-state index contributed by atoms with van der Waals surface area (Å²) >= 11 is 1.54. The molecule has 1 heterocycles. The summed E-state index contributed by atoms with van der Waals surface area (Å²) in [7, 11) is 1.71. The molecule has 0 unspecified atom stereocenters. The third-order valence-corrected chi connectivity index (χ3v) is 8.63. The summed E-state index contributed by atoms with van der Waals surface area (Å²) in [6, 6.07) is 0.283. The molecule has 4 fully saturated rings. The Morgan fingerprint density at radius 3 is 2.43 bits per heavy atom. The van der Waals surface area contributed by atoms with Crippen LogP contribution in [0.3, 0.4) is 0 Å². The number of hydrogen-bond donors (Lipinski definition) is 1. The topological polar surface area (TPSA) is 56.1 Å². The second-order valence-corrected chi connectivity index (χ2v) is 10.5. The molecular weight excluding hydrogens is 370 g/mol. The van der Waals surface area contributed by atoms with Crippen molar-refractivity contribution in [2.75, 3.05) is 19.5 Å². The molecular formula is C22H35N3O2S.